The number of carbonyl (C=O) groups is 2. The fourth-order valence-corrected chi connectivity index (χ4v) is 3.03. The molecule has 2 amide bonds. The topological polar surface area (TPSA) is 61.9 Å². The molecule has 1 saturated heterocycles. The third-order valence-electron chi connectivity index (χ3n) is 4.04. The van der Waals surface area contributed by atoms with E-state index in [4.69, 9.17) is 4.74 Å². The molecule has 0 atom stereocenters. The third-order valence-corrected chi connectivity index (χ3v) is 4.60. The molecule has 0 bridgehead atoms. The van der Waals surface area contributed by atoms with Crippen molar-refractivity contribution in [3.05, 3.63) is 24.0 Å². The average molecular weight is 444 g/mol. The summed E-state index contributed by atoms with van der Waals surface area (Å²) >= 11 is 3.28. The summed E-state index contributed by atoms with van der Waals surface area (Å²) in [5.41, 5.74) is 0.385. The number of benzene rings is 1. The second-order valence-electron chi connectivity index (χ2n) is 7.46. The maximum absolute atomic E-state index is 14.5. The Bertz CT molecular complexity index is 671. The van der Waals surface area contributed by atoms with Crippen LogP contribution in [0.5, 0.6) is 0 Å². The number of piperazine rings is 1. The summed E-state index contributed by atoms with van der Waals surface area (Å²) in [5.74, 6) is -0.522. The molecular formula is C19H27BrFN3O3. The standard InChI is InChI=1S/C19H27BrFN3O3/c1-19(2,3)27-18(26)24-11-9-23(10-12-24)16-7-6-14(13-15(16)21)22-17(25)5-4-8-20/h6-7,13H,4-5,8-12H2,1-3H3,(H,22,25). The maximum atomic E-state index is 14.5. The van der Waals surface area contributed by atoms with E-state index in [2.05, 4.69) is 21.2 Å². The van der Waals surface area contributed by atoms with E-state index in [-0.39, 0.29) is 17.8 Å². The van der Waals surface area contributed by atoms with E-state index in [1.165, 1.54) is 6.07 Å². The van der Waals surface area contributed by atoms with Gasteiger partial charge in [-0.05, 0) is 45.4 Å². The number of rotatable bonds is 5. The molecule has 1 heterocycles. The average Bonchev–Trinajstić information content (AvgIpc) is 2.59. The lowest BCUT2D eigenvalue weighted by atomic mass is 10.2. The van der Waals surface area contributed by atoms with Crippen LogP contribution in [-0.2, 0) is 9.53 Å². The number of amides is 2. The SMILES string of the molecule is CC(C)(C)OC(=O)N1CCN(c2ccc(NC(=O)CCCBr)cc2F)CC1. The number of hydrogen-bond donors (Lipinski definition) is 1. The number of anilines is 2. The quantitative estimate of drug-likeness (QED) is 0.698. The molecule has 1 aliphatic rings. The van der Waals surface area contributed by atoms with Crippen molar-refractivity contribution in [1.82, 2.24) is 4.90 Å². The fraction of sp³-hybridized carbons (Fsp3) is 0.579. The van der Waals surface area contributed by atoms with Gasteiger partial charge in [-0.2, -0.15) is 0 Å². The number of nitrogens with zero attached hydrogens (tertiary/aromatic N) is 2. The van der Waals surface area contributed by atoms with Crippen LogP contribution in [0.25, 0.3) is 0 Å². The Kier molecular flexibility index (Phi) is 7.47. The van der Waals surface area contributed by atoms with E-state index in [0.717, 1.165) is 11.8 Å². The van der Waals surface area contributed by atoms with E-state index in [1.807, 2.05) is 25.7 Å². The zero-order valence-corrected chi connectivity index (χ0v) is 17.6. The van der Waals surface area contributed by atoms with Crippen molar-refractivity contribution >= 4 is 39.3 Å². The molecule has 1 aliphatic heterocycles. The molecule has 1 fully saturated rings. The summed E-state index contributed by atoms with van der Waals surface area (Å²) in [5, 5.41) is 3.46. The molecule has 0 spiro atoms. The Hall–Kier alpha value is -1.83. The second-order valence-corrected chi connectivity index (χ2v) is 8.25. The first-order chi connectivity index (χ1) is 12.7. The summed E-state index contributed by atoms with van der Waals surface area (Å²) < 4.78 is 19.9. The van der Waals surface area contributed by atoms with Gasteiger partial charge in [0.1, 0.15) is 11.4 Å². The minimum absolute atomic E-state index is 0.132. The highest BCUT2D eigenvalue weighted by Crippen LogP contribution is 2.24. The highest BCUT2D eigenvalue weighted by molar-refractivity contribution is 9.09. The van der Waals surface area contributed by atoms with Gasteiger partial charge < -0.3 is 19.9 Å². The van der Waals surface area contributed by atoms with Crippen molar-refractivity contribution in [3.63, 3.8) is 0 Å². The first kappa shape index (κ1) is 21.5. The number of hydrogen-bond acceptors (Lipinski definition) is 4. The molecule has 0 unspecified atom stereocenters. The van der Waals surface area contributed by atoms with Gasteiger partial charge in [0.2, 0.25) is 5.91 Å². The first-order valence-corrected chi connectivity index (χ1v) is 10.2. The van der Waals surface area contributed by atoms with Crippen LogP contribution in [0.15, 0.2) is 18.2 Å². The van der Waals surface area contributed by atoms with Gasteiger partial charge in [-0.25, -0.2) is 9.18 Å². The van der Waals surface area contributed by atoms with Crippen LogP contribution in [0.3, 0.4) is 0 Å². The highest BCUT2D eigenvalue weighted by Gasteiger charge is 2.26. The van der Waals surface area contributed by atoms with Crippen molar-refractivity contribution in [3.8, 4) is 0 Å². The van der Waals surface area contributed by atoms with Crippen molar-refractivity contribution in [2.75, 3.05) is 41.7 Å². The van der Waals surface area contributed by atoms with Crippen molar-refractivity contribution < 1.29 is 18.7 Å². The van der Waals surface area contributed by atoms with Crippen LogP contribution in [0.2, 0.25) is 0 Å². The van der Waals surface area contributed by atoms with Gasteiger partial charge in [0.05, 0.1) is 5.69 Å². The van der Waals surface area contributed by atoms with Gasteiger partial charge in [0.25, 0.3) is 0 Å². The Morgan fingerprint density at radius 3 is 2.44 bits per heavy atom. The van der Waals surface area contributed by atoms with E-state index >= 15 is 0 Å². The van der Waals surface area contributed by atoms with Crippen LogP contribution < -0.4 is 10.2 Å². The lowest BCUT2D eigenvalue weighted by Crippen LogP contribution is -2.50. The Morgan fingerprint density at radius 2 is 1.89 bits per heavy atom. The van der Waals surface area contributed by atoms with Crippen molar-refractivity contribution in [2.24, 2.45) is 0 Å². The third kappa shape index (κ3) is 6.68. The molecule has 0 saturated carbocycles. The van der Waals surface area contributed by atoms with Gasteiger partial charge in [0, 0.05) is 43.6 Å². The molecule has 1 aromatic rings. The number of carbonyl (C=O) groups excluding carboxylic acids is 2. The molecule has 150 valence electrons. The van der Waals surface area contributed by atoms with E-state index < -0.39 is 5.60 Å². The summed E-state index contributed by atoms with van der Waals surface area (Å²) in [4.78, 5) is 27.4. The monoisotopic (exact) mass is 443 g/mol. The van der Waals surface area contributed by atoms with Crippen molar-refractivity contribution in [1.29, 1.82) is 0 Å². The summed E-state index contributed by atoms with van der Waals surface area (Å²) in [6.07, 6.45) is 0.777. The van der Waals surface area contributed by atoms with Crippen LogP contribution in [0.1, 0.15) is 33.6 Å². The van der Waals surface area contributed by atoms with E-state index in [0.29, 0.717) is 44.0 Å². The normalized spacial score (nSPS) is 14.9. The molecule has 27 heavy (non-hydrogen) atoms. The number of alkyl halides is 1. The smallest absolute Gasteiger partial charge is 0.410 e. The predicted octanol–water partition coefficient (Wildman–Crippen LogP) is 4.00. The Labute approximate surface area is 168 Å². The van der Waals surface area contributed by atoms with Crippen molar-refractivity contribution in [2.45, 2.75) is 39.2 Å². The number of halogens is 2. The molecule has 1 aromatic carbocycles. The Balaban J connectivity index is 1.92. The molecule has 0 aliphatic carbocycles. The van der Waals surface area contributed by atoms with Gasteiger partial charge in [0.15, 0.2) is 0 Å². The molecule has 2 rings (SSSR count). The molecule has 0 radical (unpaired) electrons. The van der Waals surface area contributed by atoms with Gasteiger partial charge in [-0.15, -0.1) is 0 Å². The molecule has 0 aromatic heterocycles. The van der Waals surface area contributed by atoms with Gasteiger partial charge >= 0.3 is 6.09 Å². The van der Waals surface area contributed by atoms with E-state index in [9.17, 15) is 14.0 Å². The lowest BCUT2D eigenvalue weighted by Gasteiger charge is -2.36. The number of ether oxygens (including phenoxy) is 1. The maximum Gasteiger partial charge on any atom is 0.410 e. The van der Waals surface area contributed by atoms with Gasteiger partial charge in [-0.3, -0.25) is 4.79 Å². The van der Waals surface area contributed by atoms with Crippen LogP contribution >= 0.6 is 15.9 Å². The highest BCUT2D eigenvalue weighted by atomic mass is 79.9. The molecular weight excluding hydrogens is 417 g/mol. The minimum atomic E-state index is -0.533. The Morgan fingerprint density at radius 1 is 1.22 bits per heavy atom. The van der Waals surface area contributed by atoms with Crippen LogP contribution in [0.4, 0.5) is 20.6 Å². The zero-order valence-electron chi connectivity index (χ0n) is 16.1. The predicted molar refractivity (Wildman–Crippen MR) is 108 cm³/mol. The van der Waals surface area contributed by atoms with Crippen LogP contribution in [0, 0.1) is 5.82 Å². The minimum Gasteiger partial charge on any atom is -0.444 e. The van der Waals surface area contributed by atoms with Crippen LogP contribution in [-0.4, -0.2) is 54.0 Å². The largest absolute Gasteiger partial charge is 0.444 e. The van der Waals surface area contributed by atoms with E-state index in [1.54, 1.807) is 17.0 Å². The summed E-state index contributed by atoms with van der Waals surface area (Å²) in [6.45, 7) is 7.48. The number of nitrogens with one attached hydrogen (secondary N) is 1. The first-order valence-electron chi connectivity index (χ1n) is 9.08. The summed E-state index contributed by atoms with van der Waals surface area (Å²) in [7, 11) is 0. The zero-order chi connectivity index (χ0) is 20.0. The lowest BCUT2D eigenvalue weighted by molar-refractivity contribution is -0.116. The second kappa shape index (κ2) is 9.39. The fourth-order valence-electron chi connectivity index (χ4n) is 2.75. The molecule has 1 N–H and O–H groups in total. The molecule has 6 nitrogen and oxygen atoms in total. The molecule has 8 heteroatoms. The van der Waals surface area contributed by atoms with Gasteiger partial charge in [-0.1, -0.05) is 15.9 Å². The summed E-state index contributed by atoms with van der Waals surface area (Å²) in [6, 6.07) is 4.70.